The minimum absolute atomic E-state index is 0.0842. The van der Waals surface area contributed by atoms with Gasteiger partial charge in [0.2, 0.25) is 5.91 Å². The molecule has 0 fully saturated rings. The average Bonchev–Trinajstić information content (AvgIpc) is 3.13. The Morgan fingerprint density at radius 3 is 2.55 bits per heavy atom. The van der Waals surface area contributed by atoms with E-state index >= 15 is 0 Å². The summed E-state index contributed by atoms with van der Waals surface area (Å²) >= 11 is 0. The van der Waals surface area contributed by atoms with E-state index in [9.17, 15) is 4.79 Å². The quantitative estimate of drug-likeness (QED) is 0.873. The number of hydrogen-bond acceptors (Lipinski definition) is 4. The SMILES string of the molecule is COc1ccc([C@H]2CC(c3ccc(C)o3)=NN2C(C)=O)cc1. The third-order valence-electron chi connectivity index (χ3n) is 3.76. The Hall–Kier alpha value is -2.56. The molecule has 22 heavy (non-hydrogen) atoms. The van der Waals surface area contributed by atoms with Crippen LogP contribution in [0.15, 0.2) is 45.9 Å². The van der Waals surface area contributed by atoms with Crippen LogP contribution in [0.1, 0.15) is 36.5 Å². The standard InChI is InChI=1S/C17H18N2O3/c1-11-4-9-17(22-11)15-10-16(19(18-15)12(2)20)13-5-7-14(21-3)8-6-13/h4-9,16H,10H2,1-3H3/t16-/m1/s1. The number of furan rings is 1. The zero-order chi connectivity index (χ0) is 15.7. The molecule has 0 unspecified atom stereocenters. The van der Waals surface area contributed by atoms with E-state index in [4.69, 9.17) is 9.15 Å². The molecule has 5 heteroatoms. The first-order valence-corrected chi connectivity index (χ1v) is 7.16. The van der Waals surface area contributed by atoms with Crippen molar-refractivity contribution < 1.29 is 13.9 Å². The second-order valence-corrected chi connectivity index (χ2v) is 5.31. The van der Waals surface area contributed by atoms with Gasteiger partial charge in [0.1, 0.15) is 23.0 Å². The van der Waals surface area contributed by atoms with Gasteiger partial charge >= 0.3 is 0 Å². The lowest BCUT2D eigenvalue weighted by atomic mass is 10.0. The van der Waals surface area contributed by atoms with Crippen molar-refractivity contribution in [2.45, 2.75) is 26.3 Å². The number of carbonyl (C=O) groups is 1. The van der Waals surface area contributed by atoms with Gasteiger partial charge in [0.15, 0.2) is 0 Å². The zero-order valence-corrected chi connectivity index (χ0v) is 12.9. The van der Waals surface area contributed by atoms with E-state index < -0.39 is 0 Å². The monoisotopic (exact) mass is 298 g/mol. The Morgan fingerprint density at radius 1 is 1.27 bits per heavy atom. The van der Waals surface area contributed by atoms with Crippen molar-refractivity contribution in [1.29, 1.82) is 0 Å². The molecular formula is C17H18N2O3. The third-order valence-corrected chi connectivity index (χ3v) is 3.76. The topological polar surface area (TPSA) is 55.0 Å². The number of ether oxygens (including phenoxy) is 1. The number of rotatable bonds is 3. The van der Waals surface area contributed by atoms with Gasteiger partial charge < -0.3 is 9.15 Å². The maximum atomic E-state index is 11.9. The first-order chi connectivity index (χ1) is 10.6. The predicted octanol–water partition coefficient (Wildman–Crippen LogP) is 3.29. The van der Waals surface area contributed by atoms with Gasteiger partial charge in [-0.1, -0.05) is 12.1 Å². The maximum absolute atomic E-state index is 11.9. The average molecular weight is 298 g/mol. The van der Waals surface area contributed by atoms with Crippen molar-refractivity contribution in [3.05, 3.63) is 53.5 Å². The lowest BCUT2D eigenvalue weighted by molar-refractivity contribution is -0.130. The number of aryl methyl sites for hydroxylation is 1. The first kappa shape index (κ1) is 14.4. The fourth-order valence-electron chi connectivity index (χ4n) is 2.62. The third kappa shape index (κ3) is 2.62. The Balaban J connectivity index is 1.90. The van der Waals surface area contributed by atoms with Crippen LogP contribution in [0.3, 0.4) is 0 Å². The van der Waals surface area contributed by atoms with Gasteiger partial charge in [0.25, 0.3) is 0 Å². The molecule has 0 bridgehead atoms. The lowest BCUT2D eigenvalue weighted by Crippen LogP contribution is -2.24. The molecule has 1 aliphatic rings. The minimum atomic E-state index is -0.108. The molecule has 0 radical (unpaired) electrons. The van der Waals surface area contributed by atoms with Crippen molar-refractivity contribution in [3.8, 4) is 5.75 Å². The molecule has 1 atom stereocenters. The number of nitrogens with zero attached hydrogens (tertiary/aromatic N) is 2. The summed E-state index contributed by atoms with van der Waals surface area (Å²) < 4.78 is 10.8. The van der Waals surface area contributed by atoms with Crippen LogP contribution < -0.4 is 4.74 Å². The highest BCUT2D eigenvalue weighted by atomic mass is 16.5. The van der Waals surface area contributed by atoms with Crippen LogP contribution in [-0.2, 0) is 4.79 Å². The normalized spacial score (nSPS) is 17.5. The minimum Gasteiger partial charge on any atom is -0.497 e. The van der Waals surface area contributed by atoms with Crippen LogP contribution in [0.2, 0.25) is 0 Å². The van der Waals surface area contributed by atoms with Crippen LogP contribution in [-0.4, -0.2) is 23.7 Å². The van der Waals surface area contributed by atoms with Crippen LogP contribution >= 0.6 is 0 Å². The highest BCUT2D eigenvalue weighted by molar-refractivity contribution is 6.01. The molecule has 2 heterocycles. The van der Waals surface area contributed by atoms with Crippen LogP contribution in [0.5, 0.6) is 5.75 Å². The molecule has 2 aromatic rings. The molecule has 1 aromatic heterocycles. The van der Waals surface area contributed by atoms with Crippen LogP contribution in [0.25, 0.3) is 0 Å². The molecule has 1 aliphatic heterocycles. The van der Waals surface area contributed by atoms with E-state index in [2.05, 4.69) is 5.10 Å². The van der Waals surface area contributed by atoms with Crippen molar-refractivity contribution in [2.75, 3.05) is 7.11 Å². The fourth-order valence-corrected chi connectivity index (χ4v) is 2.62. The number of hydrogen-bond donors (Lipinski definition) is 0. The Kier molecular flexibility index (Phi) is 3.71. The highest BCUT2D eigenvalue weighted by Crippen LogP contribution is 2.33. The lowest BCUT2D eigenvalue weighted by Gasteiger charge is -2.20. The smallest absolute Gasteiger partial charge is 0.240 e. The summed E-state index contributed by atoms with van der Waals surface area (Å²) in [7, 11) is 1.63. The zero-order valence-electron chi connectivity index (χ0n) is 12.9. The van der Waals surface area contributed by atoms with E-state index in [0.717, 1.165) is 28.5 Å². The molecule has 0 aliphatic carbocycles. The number of methoxy groups -OCH3 is 1. The van der Waals surface area contributed by atoms with Gasteiger partial charge in [0.05, 0.1) is 13.2 Å². The van der Waals surface area contributed by atoms with Crippen molar-refractivity contribution in [3.63, 3.8) is 0 Å². The molecule has 0 saturated heterocycles. The van der Waals surface area contributed by atoms with Gasteiger partial charge in [0, 0.05) is 13.3 Å². The summed E-state index contributed by atoms with van der Waals surface area (Å²) in [6, 6.07) is 11.4. The van der Waals surface area contributed by atoms with Crippen LogP contribution in [0, 0.1) is 6.92 Å². The Labute approximate surface area is 129 Å². The van der Waals surface area contributed by atoms with E-state index in [1.165, 1.54) is 11.9 Å². The van der Waals surface area contributed by atoms with Crippen molar-refractivity contribution in [1.82, 2.24) is 5.01 Å². The summed E-state index contributed by atoms with van der Waals surface area (Å²) in [5.74, 6) is 2.26. The van der Waals surface area contributed by atoms with Gasteiger partial charge in [-0.05, 0) is 36.8 Å². The number of amides is 1. The largest absolute Gasteiger partial charge is 0.497 e. The number of carbonyl (C=O) groups excluding carboxylic acids is 1. The fraction of sp³-hybridized carbons (Fsp3) is 0.294. The van der Waals surface area contributed by atoms with Gasteiger partial charge in [-0.15, -0.1) is 0 Å². The molecule has 0 spiro atoms. The van der Waals surface area contributed by atoms with E-state index in [-0.39, 0.29) is 11.9 Å². The molecule has 0 saturated carbocycles. The Morgan fingerprint density at radius 2 is 2.00 bits per heavy atom. The van der Waals surface area contributed by atoms with E-state index in [0.29, 0.717) is 6.42 Å². The second kappa shape index (κ2) is 5.67. The Bertz CT molecular complexity index is 716. The molecule has 1 amide bonds. The molecule has 0 N–H and O–H groups in total. The molecule has 1 aromatic carbocycles. The second-order valence-electron chi connectivity index (χ2n) is 5.31. The predicted molar refractivity (Wildman–Crippen MR) is 82.9 cm³/mol. The summed E-state index contributed by atoms with van der Waals surface area (Å²) in [5, 5.41) is 5.97. The van der Waals surface area contributed by atoms with Gasteiger partial charge in [-0.3, -0.25) is 4.79 Å². The summed E-state index contributed by atoms with van der Waals surface area (Å²) in [6.07, 6.45) is 0.638. The van der Waals surface area contributed by atoms with Crippen molar-refractivity contribution >= 4 is 11.6 Å². The number of hydrazone groups is 1. The van der Waals surface area contributed by atoms with Gasteiger partial charge in [-0.25, -0.2) is 5.01 Å². The van der Waals surface area contributed by atoms with E-state index in [1.807, 2.05) is 43.3 Å². The molecule has 3 rings (SSSR count). The van der Waals surface area contributed by atoms with Gasteiger partial charge in [-0.2, -0.15) is 5.10 Å². The molecule has 5 nitrogen and oxygen atoms in total. The van der Waals surface area contributed by atoms with Crippen LogP contribution in [0.4, 0.5) is 0 Å². The maximum Gasteiger partial charge on any atom is 0.240 e. The number of benzene rings is 1. The molecular weight excluding hydrogens is 280 g/mol. The summed E-state index contributed by atoms with van der Waals surface area (Å²) in [5.41, 5.74) is 1.82. The summed E-state index contributed by atoms with van der Waals surface area (Å²) in [4.78, 5) is 11.9. The molecule has 114 valence electrons. The first-order valence-electron chi connectivity index (χ1n) is 7.16. The van der Waals surface area contributed by atoms with E-state index in [1.54, 1.807) is 7.11 Å². The highest BCUT2D eigenvalue weighted by Gasteiger charge is 2.32. The summed E-state index contributed by atoms with van der Waals surface area (Å²) in [6.45, 7) is 3.42. The van der Waals surface area contributed by atoms with Crippen molar-refractivity contribution in [2.24, 2.45) is 5.10 Å².